The molecule has 0 radical (unpaired) electrons. The van der Waals surface area contributed by atoms with Crippen molar-refractivity contribution in [3.05, 3.63) is 47.2 Å². The first-order valence-corrected chi connectivity index (χ1v) is 11.0. The summed E-state index contributed by atoms with van der Waals surface area (Å²) in [6, 6.07) is 1.30. The Hall–Kier alpha value is -3.40. The minimum Gasteiger partial charge on any atom is -0.421 e. The lowest BCUT2D eigenvalue weighted by Crippen LogP contribution is -2.30. The van der Waals surface area contributed by atoms with Crippen LogP contribution in [0.15, 0.2) is 18.5 Å². The second kappa shape index (κ2) is 7.05. The number of aromatic nitrogens is 4. The maximum atomic E-state index is 15.1. The predicted octanol–water partition coefficient (Wildman–Crippen LogP) is 3.19. The van der Waals surface area contributed by atoms with Crippen LogP contribution >= 0.6 is 0 Å². The van der Waals surface area contributed by atoms with Crippen LogP contribution in [0, 0.1) is 24.0 Å². The molecule has 1 aromatic carbocycles. The highest BCUT2D eigenvalue weighted by molar-refractivity contribution is 5.88. The number of fused-ring (bicyclic) bond motifs is 3. The first-order chi connectivity index (χ1) is 15.9. The van der Waals surface area contributed by atoms with Gasteiger partial charge >= 0.3 is 6.01 Å². The zero-order valence-corrected chi connectivity index (χ0v) is 18.3. The average molecular weight is 451 g/mol. The van der Waals surface area contributed by atoms with E-state index in [0.29, 0.717) is 52.9 Å². The van der Waals surface area contributed by atoms with E-state index < -0.39 is 11.6 Å². The number of nitrogens with one attached hydrogen (secondary N) is 1. The number of anilines is 2. The molecule has 1 saturated heterocycles. The number of hydrogen-bond donors (Lipinski definition) is 2. The molecule has 170 valence electrons. The van der Waals surface area contributed by atoms with E-state index in [-0.39, 0.29) is 23.0 Å². The van der Waals surface area contributed by atoms with Crippen LogP contribution in [0.3, 0.4) is 0 Å². The van der Waals surface area contributed by atoms with Crippen LogP contribution in [0.25, 0.3) is 11.1 Å². The quantitative estimate of drug-likeness (QED) is 0.488. The summed E-state index contributed by atoms with van der Waals surface area (Å²) in [5.74, 6) is -0.269. The summed E-state index contributed by atoms with van der Waals surface area (Å²) in [5, 5.41) is 2.97. The van der Waals surface area contributed by atoms with Crippen molar-refractivity contribution in [2.75, 3.05) is 30.4 Å². The number of halogens is 2. The van der Waals surface area contributed by atoms with Gasteiger partial charge in [-0.15, -0.1) is 0 Å². The number of nitrogens with zero attached hydrogens (tertiary/aromatic N) is 5. The Kier molecular flexibility index (Phi) is 4.32. The van der Waals surface area contributed by atoms with Gasteiger partial charge in [0.25, 0.3) is 0 Å². The SMILES string of the molecule is CNc1cc(F)c(F)c2c1Cc1nc(Oc3cnc(C)nc3)nc(N3C[C@H](N)C4(CC4)C3)c1-2. The normalized spacial score (nSPS) is 19.5. The molecule has 1 spiro atoms. The molecule has 2 aromatic heterocycles. The smallest absolute Gasteiger partial charge is 0.324 e. The van der Waals surface area contributed by atoms with Gasteiger partial charge in [-0.3, -0.25) is 0 Å². The van der Waals surface area contributed by atoms with Gasteiger partial charge in [0.05, 0.1) is 18.1 Å². The fraction of sp³-hybridized carbons (Fsp3) is 0.391. The Labute approximate surface area is 189 Å². The number of nitrogens with two attached hydrogens (primary N) is 1. The zero-order valence-electron chi connectivity index (χ0n) is 18.3. The standard InChI is InChI=1S/C23H23F2N7O/c1-11-28-7-12(8-29-11)33-22-30-16-5-13-15(27-2)6-14(24)20(25)18(13)19(16)21(31-22)32-9-17(26)23(10-32)3-4-23/h6-8,17,27H,3-5,9-10,26H2,1-2H3/t17-/m0/s1. The lowest BCUT2D eigenvalue weighted by atomic mass is 10.0. The highest BCUT2D eigenvalue weighted by atomic mass is 19.2. The summed E-state index contributed by atoms with van der Waals surface area (Å²) in [4.78, 5) is 19.6. The van der Waals surface area contributed by atoms with Gasteiger partial charge in [0.1, 0.15) is 11.6 Å². The van der Waals surface area contributed by atoms with Gasteiger partial charge in [0, 0.05) is 60.9 Å². The number of rotatable bonds is 4. The largest absolute Gasteiger partial charge is 0.421 e. The summed E-state index contributed by atoms with van der Waals surface area (Å²) in [6.07, 6.45) is 5.55. The molecule has 3 aliphatic rings. The summed E-state index contributed by atoms with van der Waals surface area (Å²) in [7, 11) is 1.69. The second-order valence-corrected chi connectivity index (χ2v) is 9.07. The molecule has 6 rings (SSSR count). The molecule has 3 N–H and O–H groups in total. The molecule has 2 fully saturated rings. The molecule has 3 aromatic rings. The van der Waals surface area contributed by atoms with Crippen molar-refractivity contribution < 1.29 is 13.5 Å². The van der Waals surface area contributed by atoms with Crippen LogP contribution in [0.5, 0.6) is 11.8 Å². The summed E-state index contributed by atoms with van der Waals surface area (Å²) in [5.41, 5.74) is 9.00. The average Bonchev–Trinajstić information content (AvgIpc) is 3.37. The van der Waals surface area contributed by atoms with Crippen LogP contribution in [-0.4, -0.2) is 46.1 Å². The van der Waals surface area contributed by atoms with Crippen molar-refractivity contribution in [3.8, 4) is 22.9 Å². The number of aryl methyl sites for hydroxylation is 1. The Bertz CT molecular complexity index is 1280. The second-order valence-electron chi connectivity index (χ2n) is 9.07. The maximum Gasteiger partial charge on any atom is 0.324 e. The van der Waals surface area contributed by atoms with E-state index >= 15 is 4.39 Å². The van der Waals surface area contributed by atoms with E-state index in [4.69, 9.17) is 10.5 Å². The first kappa shape index (κ1) is 20.2. The van der Waals surface area contributed by atoms with E-state index in [0.717, 1.165) is 19.4 Å². The Balaban J connectivity index is 1.50. The van der Waals surface area contributed by atoms with Crippen LogP contribution < -0.4 is 20.7 Å². The molecule has 1 saturated carbocycles. The zero-order chi connectivity index (χ0) is 22.9. The Morgan fingerprint density at radius 3 is 2.61 bits per heavy atom. The molecule has 33 heavy (non-hydrogen) atoms. The van der Waals surface area contributed by atoms with Crippen molar-refractivity contribution in [1.82, 2.24) is 19.9 Å². The monoisotopic (exact) mass is 451 g/mol. The van der Waals surface area contributed by atoms with Gasteiger partial charge in [-0.2, -0.15) is 9.97 Å². The van der Waals surface area contributed by atoms with Gasteiger partial charge < -0.3 is 20.7 Å². The Morgan fingerprint density at radius 2 is 1.94 bits per heavy atom. The first-order valence-electron chi connectivity index (χ1n) is 11.0. The van der Waals surface area contributed by atoms with Gasteiger partial charge in [-0.05, 0) is 25.3 Å². The molecule has 0 unspecified atom stereocenters. The van der Waals surface area contributed by atoms with E-state index in [1.54, 1.807) is 26.4 Å². The third-order valence-electron chi connectivity index (χ3n) is 7.00. The van der Waals surface area contributed by atoms with Crippen molar-refractivity contribution >= 4 is 11.5 Å². The van der Waals surface area contributed by atoms with Crippen LogP contribution in [0.2, 0.25) is 0 Å². The summed E-state index contributed by atoms with van der Waals surface area (Å²) in [6.45, 7) is 3.08. The molecule has 10 heteroatoms. The molecule has 1 aliphatic heterocycles. The third-order valence-corrected chi connectivity index (χ3v) is 7.00. The summed E-state index contributed by atoms with van der Waals surface area (Å²) < 4.78 is 35.5. The number of hydrogen-bond acceptors (Lipinski definition) is 8. The molecule has 1 atom stereocenters. The van der Waals surface area contributed by atoms with E-state index in [2.05, 4.69) is 30.2 Å². The highest BCUT2D eigenvalue weighted by Crippen LogP contribution is 2.54. The van der Waals surface area contributed by atoms with Gasteiger partial charge in [-0.1, -0.05) is 0 Å². The molecule has 8 nitrogen and oxygen atoms in total. The van der Waals surface area contributed by atoms with Gasteiger partial charge in [-0.25, -0.2) is 18.7 Å². The van der Waals surface area contributed by atoms with Gasteiger partial charge in [0.15, 0.2) is 17.4 Å². The lowest BCUT2D eigenvalue weighted by Gasteiger charge is -2.21. The maximum absolute atomic E-state index is 15.1. The van der Waals surface area contributed by atoms with Gasteiger partial charge in [0.2, 0.25) is 0 Å². The lowest BCUT2D eigenvalue weighted by molar-refractivity contribution is 0.435. The fourth-order valence-electron chi connectivity index (χ4n) is 5.01. The van der Waals surface area contributed by atoms with Crippen molar-refractivity contribution in [3.63, 3.8) is 0 Å². The molecular formula is C23H23F2N7O. The molecule has 3 heterocycles. The van der Waals surface area contributed by atoms with Crippen LogP contribution in [0.1, 0.15) is 29.9 Å². The number of ether oxygens (including phenoxy) is 1. The highest BCUT2D eigenvalue weighted by Gasteiger charge is 2.54. The Morgan fingerprint density at radius 1 is 1.18 bits per heavy atom. The summed E-state index contributed by atoms with van der Waals surface area (Å²) >= 11 is 0. The van der Waals surface area contributed by atoms with E-state index in [1.165, 1.54) is 6.07 Å². The minimum atomic E-state index is -0.911. The molecule has 2 aliphatic carbocycles. The predicted molar refractivity (Wildman–Crippen MR) is 118 cm³/mol. The van der Waals surface area contributed by atoms with E-state index in [9.17, 15) is 4.39 Å². The van der Waals surface area contributed by atoms with E-state index in [1.807, 2.05) is 0 Å². The molecular weight excluding hydrogens is 428 g/mol. The fourth-order valence-corrected chi connectivity index (χ4v) is 5.01. The third kappa shape index (κ3) is 3.12. The molecule has 0 bridgehead atoms. The van der Waals surface area contributed by atoms with Crippen LogP contribution in [-0.2, 0) is 6.42 Å². The van der Waals surface area contributed by atoms with Crippen molar-refractivity contribution in [2.24, 2.45) is 11.1 Å². The number of benzene rings is 1. The van der Waals surface area contributed by atoms with Crippen LogP contribution in [0.4, 0.5) is 20.3 Å². The minimum absolute atomic E-state index is 0.00378. The topological polar surface area (TPSA) is 102 Å². The van der Waals surface area contributed by atoms with Crippen molar-refractivity contribution in [2.45, 2.75) is 32.2 Å². The van der Waals surface area contributed by atoms with Crippen molar-refractivity contribution in [1.29, 1.82) is 0 Å². The molecule has 0 amide bonds.